The number of carbonyl (C=O) groups excluding carboxylic acids is 1. The van der Waals surface area contributed by atoms with Gasteiger partial charge in [0, 0.05) is 44.3 Å². The van der Waals surface area contributed by atoms with E-state index >= 15 is 0 Å². The Kier molecular flexibility index (Phi) is 7.31. The van der Waals surface area contributed by atoms with E-state index in [-0.39, 0.29) is 6.03 Å². The SMILES string of the molecule is CC(C)CC(O)CNC(=O)NCC1CCN(c2ccncc2)CC1. The van der Waals surface area contributed by atoms with Crippen LogP contribution in [0.5, 0.6) is 0 Å². The number of aliphatic hydroxyl groups excluding tert-OH is 1. The quantitative estimate of drug-likeness (QED) is 0.713. The third kappa shape index (κ3) is 6.35. The number of rotatable bonds is 7. The van der Waals surface area contributed by atoms with Gasteiger partial charge in [-0.05, 0) is 43.2 Å². The number of aliphatic hydroxyl groups is 1. The van der Waals surface area contributed by atoms with Crippen LogP contribution in [0.1, 0.15) is 33.1 Å². The van der Waals surface area contributed by atoms with Gasteiger partial charge >= 0.3 is 6.03 Å². The summed E-state index contributed by atoms with van der Waals surface area (Å²) in [6.07, 6.45) is 6.01. The second-order valence-electron chi connectivity index (χ2n) is 7.01. The maximum absolute atomic E-state index is 11.8. The topological polar surface area (TPSA) is 77.5 Å². The monoisotopic (exact) mass is 334 g/mol. The lowest BCUT2D eigenvalue weighted by Gasteiger charge is -2.33. The van der Waals surface area contributed by atoms with Crippen LogP contribution in [0.4, 0.5) is 10.5 Å². The van der Waals surface area contributed by atoms with Gasteiger partial charge in [-0.25, -0.2) is 4.79 Å². The van der Waals surface area contributed by atoms with Crippen molar-refractivity contribution in [1.82, 2.24) is 15.6 Å². The van der Waals surface area contributed by atoms with Crippen LogP contribution in [0.15, 0.2) is 24.5 Å². The molecule has 1 unspecified atom stereocenters. The number of aromatic nitrogens is 1. The molecular formula is C18H30N4O2. The molecule has 0 saturated carbocycles. The molecule has 0 spiro atoms. The fourth-order valence-corrected chi connectivity index (χ4v) is 3.09. The van der Waals surface area contributed by atoms with Crippen LogP contribution >= 0.6 is 0 Å². The van der Waals surface area contributed by atoms with E-state index < -0.39 is 6.10 Å². The van der Waals surface area contributed by atoms with E-state index in [1.165, 1.54) is 5.69 Å². The standard InChI is InChI=1S/C18H30N4O2/c1-14(2)11-17(23)13-21-18(24)20-12-15-5-9-22(10-6-15)16-3-7-19-8-4-16/h3-4,7-8,14-15,17,23H,5-6,9-13H2,1-2H3,(H2,20,21,24). The van der Waals surface area contributed by atoms with Gasteiger partial charge in [0.05, 0.1) is 6.10 Å². The Hall–Kier alpha value is -1.82. The smallest absolute Gasteiger partial charge is 0.314 e. The van der Waals surface area contributed by atoms with Gasteiger partial charge in [0.15, 0.2) is 0 Å². The number of carbonyl (C=O) groups is 1. The number of piperidine rings is 1. The molecule has 24 heavy (non-hydrogen) atoms. The second-order valence-corrected chi connectivity index (χ2v) is 7.01. The Morgan fingerprint density at radius 1 is 1.29 bits per heavy atom. The van der Waals surface area contributed by atoms with Crippen molar-refractivity contribution in [2.24, 2.45) is 11.8 Å². The molecule has 1 atom stereocenters. The van der Waals surface area contributed by atoms with Gasteiger partial charge in [0.2, 0.25) is 0 Å². The van der Waals surface area contributed by atoms with Crippen molar-refractivity contribution in [2.45, 2.75) is 39.2 Å². The van der Waals surface area contributed by atoms with Crippen LogP contribution in [0.3, 0.4) is 0 Å². The molecule has 0 aromatic carbocycles. The Balaban J connectivity index is 1.61. The minimum Gasteiger partial charge on any atom is -0.391 e. The van der Waals surface area contributed by atoms with E-state index in [4.69, 9.17) is 0 Å². The molecule has 2 amide bonds. The maximum Gasteiger partial charge on any atom is 0.314 e. The lowest BCUT2D eigenvalue weighted by molar-refractivity contribution is 0.146. The van der Waals surface area contributed by atoms with E-state index in [2.05, 4.69) is 34.4 Å². The molecule has 0 bridgehead atoms. The minimum atomic E-state index is -0.473. The van der Waals surface area contributed by atoms with E-state index in [1.807, 2.05) is 24.5 Å². The fourth-order valence-electron chi connectivity index (χ4n) is 3.09. The third-order valence-corrected chi connectivity index (χ3v) is 4.44. The van der Waals surface area contributed by atoms with Crippen molar-refractivity contribution < 1.29 is 9.90 Å². The molecule has 1 aliphatic heterocycles. The number of nitrogens with one attached hydrogen (secondary N) is 2. The molecule has 1 saturated heterocycles. The summed E-state index contributed by atoms with van der Waals surface area (Å²) in [6, 6.07) is 3.89. The lowest BCUT2D eigenvalue weighted by atomic mass is 9.96. The lowest BCUT2D eigenvalue weighted by Crippen LogP contribution is -2.44. The first-order valence-electron chi connectivity index (χ1n) is 8.89. The van der Waals surface area contributed by atoms with Crippen molar-refractivity contribution in [3.8, 4) is 0 Å². The summed E-state index contributed by atoms with van der Waals surface area (Å²) in [5, 5.41) is 15.4. The number of urea groups is 1. The Bertz CT molecular complexity index is 487. The molecule has 134 valence electrons. The zero-order valence-electron chi connectivity index (χ0n) is 14.7. The van der Waals surface area contributed by atoms with E-state index in [1.54, 1.807) is 0 Å². The molecule has 0 aliphatic carbocycles. The van der Waals surface area contributed by atoms with E-state index in [0.717, 1.165) is 25.9 Å². The highest BCUT2D eigenvalue weighted by atomic mass is 16.3. The number of nitrogens with zero attached hydrogens (tertiary/aromatic N) is 2. The first-order valence-corrected chi connectivity index (χ1v) is 8.89. The summed E-state index contributed by atoms with van der Waals surface area (Å²) in [5.41, 5.74) is 1.22. The van der Waals surface area contributed by atoms with Gasteiger partial charge < -0.3 is 20.6 Å². The molecular weight excluding hydrogens is 304 g/mol. The summed E-state index contributed by atoms with van der Waals surface area (Å²) < 4.78 is 0. The first-order chi connectivity index (χ1) is 11.5. The van der Waals surface area contributed by atoms with Crippen LogP contribution in [0.25, 0.3) is 0 Å². The number of hydrogen-bond donors (Lipinski definition) is 3. The van der Waals surface area contributed by atoms with Gasteiger partial charge in [0.25, 0.3) is 0 Å². The Morgan fingerprint density at radius 3 is 2.58 bits per heavy atom. The zero-order chi connectivity index (χ0) is 17.4. The summed E-state index contributed by atoms with van der Waals surface area (Å²) in [5.74, 6) is 0.935. The Labute approximate surface area is 144 Å². The van der Waals surface area contributed by atoms with Gasteiger partial charge in [0.1, 0.15) is 0 Å². The Morgan fingerprint density at radius 2 is 1.96 bits per heavy atom. The number of anilines is 1. The number of amides is 2. The molecule has 0 radical (unpaired) electrons. The van der Waals surface area contributed by atoms with Crippen LogP contribution < -0.4 is 15.5 Å². The molecule has 1 aliphatic rings. The highest BCUT2D eigenvalue weighted by molar-refractivity contribution is 5.73. The van der Waals surface area contributed by atoms with Crippen molar-refractivity contribution in [2.75, 3.05) is 31.1 Å². The predicted octanol–water partition coefficient (Wildman–Crippen LogP) is 2.00. The number of pyridine rings is 1. The molecule has 1 fully saturated rings. The average Bonchev–Trinajstić information content (AvgIpc) is 2.59. The molecule has 6 heteroatoms. The van der Waals surface area contributed by atoms with Crippen molar-refractivity contribution in [3.05, 3.63) is 24.5 Å². The maximum atomic E-state index is 11.8. The highest BCUT2D eigenvalue weighted by Gasteiger charge is 2.20. The molecule has 1 aromatic rings. The van der Waals surface area contributed by atoms with Crippen LogP contribution in [-0.4, -0.2) is 48.4 Å². The van der Waals surface area contributed by atoms with E-state index in [9.17, 15) is 9.90 Å². The molecule has 2 heterocycles. The van der Waals surface area contributed by atoms with Crippen LogP contribution in [-0.2, 0) is 0 Å². The van der Waals surface area contributed by atoms with Crippen molar-refractivity contribution in [3.63, 3.8) is 0 Å². The number of hydrogen-bond acceptors (Lipinski definition) is 4. The summed E-state index contributed by atoms with van der Waals surface area (Å²) >= 11 is 0. The van der Waals surface area contributed by atoms with Gasteiger partial charge in [-0.1, -0.05) is 13.8 Å². The third-order valence-electron chi connectivity index (χ3n) is 4.44. The second kappa shape index (κ2) is 9.47. The zero-order valence-corrected chi connectivity index (χ0v) is 14.7. The first kappa shape index (κ1) is 18.5. The molecule has 6 nitrogen and oxygen atoms in total. The molecule has 1 aromatic heterocycles. The van der Waals surface area contributed by atoms with Gasteiger partial charge in [-0.15, -0.1) is 0 Å². The summed E-state index contributed by atoms with van der Waals surface area (Å²) in [4.78, 5) is 18.2. The van der Waals surface area contributed by atoms with Gasteiger partial charge in [-0.2, -0.15) is 0 Å². The average molecular weight is 334 g/mol. The minimum absolute atomic E-state index is 0.186. The van der Waals surface area contributed by atoms with Crippen molar-refractivity contribution >= 4 is 11.7 Å². The van der Waals surface area contributed by atoms with E-state index in [0.29, 0.717) is 31.3 Å². The normalized spacial score (nSPS) is 16.9. The van der Waals surface area contributed by atoms with Crippen LogP contribution in [0.2, 0.25) is 0 Å². The van der Waals surface area contributed by atoms with Gasteiger partial charge in [-0.3, -0.25) is 4.98 Å². The molecule has 2 rings (SSSR count). The fraction of sp³-hybridized carbons (Fsp3) is 0.667. The summed E-state index contributed by atoms with van der Waals surface area (Å²) in [7, 11) is 0. The largest absolute Gasteiger partial charge is 0.391 e. The molecule has 3 N–H and O–H groups in total. The van der Waals surface area contributed by atoms with Crippen molar-refractivity contribution in [1.29, 1.82) is 0 Å². The summed E-state index contributed by atoms with van der Waals surface area (Å²) in [6.45, 7) is 7.13. The predicted molar refractivity (Wildman–Crippen MR) is 96.0 cm³/mol. The highest BCUT2D eigenvalue weighted by Crippen LogP contribution is 2.22. The van der Waals surface area contributed by atoms with Crippen LogP contribution in [0, 0.1) is 11.8 Å².